The van der Waals surface area contributed by atoms with E-state index in [1.54, 1.807) is 0 Å². The summed E-state index contributed by atoms with van der Waals surface area (Å²) in [6, 6.07) is 9.53. The first-order valence-corrected chi connectivity index (χ1v) is 7.27. The van der Waals surface area contributed by atoms with Crippen molar-refractivity contribution in [2.24, 2.45) is 0 Å². The Bertz CT molecular complexity index is 366. The van der Waals surface area contributed by atoms with Gasteiger partial charge in [0.2, 0.25) is 0 Å². The molecule has 2 saturated heterocycles. The Morgan fingerprint density at radius 2 is 1.71 bits per heavy atom. The molecule has 2 aliphatic heterocycles. The van der Waals surface area contributed by atoms with E-state index in [4.69, 9.17) is 4.74 Å². The predicted molar refractivity (Wildman–Crippen MR) is 72.4 cm³/mol. The molecule has 92 valence electrons. The van der Waals surface area contributed by atoms with Gasteiger partial charge in [0.25, 0.3) is 0 Å². The van der Waals surface area contributed by atoms with Crippen molar-refractivity contribution in [1.29, 1.82) is 0 Å². The smallest absolute Gasteiger partial charge is 0.119 e. The maximum absolute atomic E-state index is 6.09. The standard InChI is InChI=1S/C14H18BrNO/c15-10-4-6-13(7-5-10)17-14-8-11-2-1-3-12(9-14)16-11/h4-7,11-12,14,16H,1-3,8-9H2/t11-,12+,14-. The van der Waals surface area contributed by atoms with Gasteiger partial charge < -0.3 is 10.1 Å². The van der Waals surface area contributed by atoms with Crippen LogP contribution in [0.2, 0.25) is 0 Å². The highest BCUT2D eigenvalue weighted by atomic mass is 79.9. The average molecular weight is 296 g/mol. The van der Waals surface area contributed by atoms with Crippen LogP contribution in [0.25, 0.3) is 0 Å². The van der Waals surface area contributed by atoms with Gasteiger partial charge in [-0.2, -0.15) is 0 Å². The zero-order valence-electron chi connectivity index (χ0n) is 9.86. The van der Waals surface area contributed by atoms with Crippen molar-refractivity contribution < 1.29 is 4.74 Å². The van der Waals surface area contributed by atoms with Crippen LogP contribution < -0.4 is 10.1 Å². The summed E-state index contributed by atoms with van der Waals surface area (Å²) in [5.74, 6) is 0.998. The lowest BCUT2D eigenvalue weighted by Gasteiger charge is -2.40. The van der Waals surface area contributed by atoms with Crippen LogP contribution in [-0.2, 0) is 0 Å². The molecule has 0 saturated carbocycles. The molecular weight excluding hydrogens is 278 g/mol. The third-order valence-corrected chi connectivity index (χ3v) is 4.32. The number of nitrogens with one attached hydrogen (secondary N) is 1. The number of fused-ring (bicyclic) bond motifs is 2. The van der Waals surface area contributed by atoms with E-state index in [1.165, 1.54) is 19.3 Å². The maximum Gasteiger partial charge on any atom is 0.119 e. The molecule has 0 radical (unpaired) electrons. The molecule has 0 amide bonds. The van der Waals surface area contributed by atoms with Crippen LogP contribution >= 0.6 is 15.9 Å². The maximum atomic E-state index is 6.09. The van der Waals surface area contributed by atoms with Gasteiger partial charge in [0.1, 0.15) is 11.9 Å². The summed E-state index contributed by atoms with van der Waals surface area (Å²) < 4.78 is 7.19. The van der Waals surface area contributed by atoms with Crippen molar-refractivity contribution in [3.05, 3.63) is 28.7 Å². The van der Waals surface area contributed by atoms with Crippen LogP contribution in [0.1, 0.15) is 32.1 Å². The molecule has 3 heteroatoms. The summed E-state index contributed by atoms with van der Waals surface area (Å²) >= 11 is 3.44. The molecule has 2 bridgehead atoms. The van der Waals surface area contributed by atoms with Gasteiger partial charge in [0.15, 0.2) is 0 Å². The second-order valence-electron chi connectivity index (χ2n) is 5.16. The molecule has 2 aliphatic rings. The summed E-state index contributed by atoms with van der Waals surface area (Å²) in [4.78, 5) is 0. The van der Waals surface area contributed by atoms with Crippen molar-refractivity contribution in [3.63, 3.8) is 0 Å². The highest BCUT2D eigenvalue weighted by Crippen LogP contribution is 2.28. The van der Waals surface area contributed by atoms with Gasteiger partial charge >= 0.3 is 0 Å². The first-order chi connectivity index (χ1) is 8.29. The molecule has 0 unspecified atom stereocenters. The molecule has 1 aromatic carbocycles. The van der Waals surface area contributed by atoms with Gasteiger partial charge in [-0.3, -0.25) is 0 Å². The van der Waals surface area contributed by atoms with Crippen LogP contribution in [-0.4, -0.2) is 18.2 Å². The third kappa shape index (κ3) is 2.83. The molecule has 0 spiro atoms. The Labute approximate surface area is 111 Å². The van der Waals surface area contributed by atoms with Gasteiger partial charge in [-0.25, -0.2) is 0 Å². The van der Waals surface area contributed by atoms with Gasteiger partial charge in [0.05, 0.1) is 0 Å². The van der Waals surface area contributed by atoms with Crippen molar-refractivity contribution in [2.75, 3.05) is 0 Å². The average Bonchev–Trinajstić information content (AvgIpc) is 2.32. The Hall–Kier alpha value is -0.540. The van der Waals surface area contributed by atoms with E-state index < -0.39 is 0 Å². The molecule has 2 heterocycles. The molecule has 0 aliphatic carbocycles. The quantitative estimate of drug-likeness (QED) is 0.902. The topological polar surface area (TPSA) is 21.3 Å². The molecule has 3 atom stereocenters. The van der Waals surface area contributed by atoms with Gasteiger partial charge in [-0.05, 0) is 49.9 Å². The van der Waals surface area contributed by atoms with E-state index in [1.807, 2.05) is 24.3 Å². The number of halogens is 1. The Morgan fingerprint density at radius 1 is 1.06 bits per heavy atom. The second-order valence-corrected chi connectivity index (χ2v) is 6.07. The van der Waals surface area contributed by atoms with E-state index in [0.717, 1.165) is 23.1 Å². The van der Waals surface area contributed by atoms with Crippen molar-refractivity contribution >= 4 is 15.9 Å². The number of hydrogen-bond acceptors (Lipinski definition) is 2. The van der Waals surface area contributed by atoms with Crippen LogP contribution in [0.3, 0.4) is 0 Å². The molecule has 1 N–H and O–H groups in total. The zero-order chi connectivity index (χ0) is 11.7. The van der Waals surface area contributed by atoms with Crippen LogP contribution in [0.5, 0.6) is 5.75 Å². The Balaban J connectivity index is 1.63. The molecule has 1 aromatic rings. The van der Waals surface area contributed by atoms with Crippen molar-refractivity contribution in [3.8, 4) is 5.75 Å². The monoisotopic (exact) mass is 295 g/mol. The first-order valence-electron chi connectivity index (χ1n) is 6.48. The van der Waals surface area contributed by atoms with Gasteiger partial charge in [0, 0.05) is 16.6 Å². The molecular formula is C14H18BrNO. The number of benzene rings is 1. The van der Waals surface area contributed by atoms with Crippen LogP contribution in [0.15, 0.2) is 28.7 Å². The summed E-state index contributed by atoms with van der Waals surface area (Å²) in [6.07, 6.45) is 6.73. The van der Waals surface area contributed by atoms with Crippen molar-refractivity contribution in [2.45, 2.75) is 50.3 Å². The lowest BCUT2D eigenvalue weighted by Crippen LogP contribution is -2.51. The summed E-state index contributed by atoms with van der Waals surface area (Å²) in [6.45, 7) is 0. The fourth-order valence-corrected chi connectivity index (χ4v) is 3.28. The normalized spacial score (nSPS) is 32.2. The minimum atomic E-state index is 0.396. The minimum absolute atomic E-state index is 0.396. The zero-order valence-corrected chi connectivity index (χ0v) is 11.4. The SMILES string of the molecule is Brc1ccc(O[C@@H]2C[C@H]3CCC[C@@H](C2)N3)cc1. The van der Waals surface area contributed by atoms with Crippen LogP contribution in [0, 0.1) is 0 Å². The first kappa shape index (κ1) is 11.5. The largest absolute Gasteiger partial charge is 0.490 e. The summed E-state index contributed by atoms with van der Waals surface area (Å²) in [5.41, 5.74) is 0. The van der Waals surface area contributed by atoms with Crippen molar-refractivity contribution in [1.82, 2.24) is 5.32 Å². The Kier molecular flexibility index (Phi) is 3.39. The fourth-order valence-electron chi connectivity index (χ4n) is 3.02. The predicted octanol–water partition coefficient (Wildman–Crippen LogP) is 3.50. The van der Waals surface area contributed by atoms with Gasteiger partial charge in [-0.1, -0.05) is 22.4 Å². The highest BCUT2D eigenvalue weighted by molar-refractivity contribution is 9.10. The van der Waals surface area contributed by atoms with E-state index >= 15 is 0 Å². The minimum Gasteiger partial charge on any atom is -0.490 e. The summed E-state index contributed by atoms with van der Waals surface area (Å²) in [5, 5.41) is 3.69. The Morgan fingerprint density at radius 3 is 2.35 bits per heavy atom. The van der Waals surface area contributed by atoms with E-state index in [9.17, 15) is 0 Å². The third-order valence-electron chi connectivity index (χ3n) is 3.79. The van der Waals surface area contributed by atoms with Crippen LogP contribution in [0.4, 0.5) is 0 Å². The lowest BCUT2D eigenvalue weighted by molar-refractivity contribution is 0.0927. The number of rotatable bonds is 2. The second kappa shape index (κ2) is 4.99. The highest BCUT2D eigenvalue weighted by Gasteiger charge is 2.32. The number of ether oxygens (including phenoxy) is 1. The molecule has 2 fully saturated rings. The van der Waals surface area contributed by atoms with E-state index in [-0.39, 0.29) is 0 Å². The van der Waals surface area contributed by atoms with E-state index in [0.29, 0.717) is 18.2 Å². The van der Waals surface area contributed by atoms with Gasteiger partial charge in [-0.15, -0.1) is 0 Å². The molecule has 3 rings (SSSR count). The summed E-state index contributed by atoms with van der Waals surface area (Å²) in [7, 11) is 0. The number of piperidine rings is 2. The molecule has 17 heavy (non-hydrogen) atoms. The lowest BCUT2D eigenvalue weighted by atomic mass is 9.85. The fraction of sp³-hybridized carbons (Fsp3) is 0.571. The molecule has 0 aromatic heterocycles. The number of hydrogen-bond donors (Lipinski definition) is 1. The van der Waals surface area contributed by atoms with E-state index in [2.05, 4.69) is 21.2 Å². The molecule has 2 nitrogen and oxygen atoms in total.